The van der Waals surface area contributed by atoms with E-state index in [4.69, 9.17) is 9.47 Å². The smallest absolute Gasteiger partial charge is 0.369 e. The van der Waals surface area contributed by atoms with Crippen molar-refractivity contribution in [2.24, 2.45) is 0 Å². The maximum absolute atomic E-state index is 13.0. The lowest BCUT2D eigenvalue weighted by Crippen LogP contribution is -2.36. The second kappa shape index (κ2) is 8.08. The highest BCUT2D eigenvalue weighted by Gasteiger charge is 2.32. The van der Waals surface area contributed by atoms with Crippen LogP contribution in [0.4, 0.5) is 0 Å². The highest BCUT2D eigenvalue weighted by atomic mass is 32.1. The molecule has 10 heteroatoms. The molecular weight excluding hydrogens is 394 g/mol. The van der Waals surface area contributed by atoms with Crippen molar-refractivity contribution in [2.75, 3.05) is 20.8 Å². The number of ether oxygens (including phenoxy) is 2. The quantitative estimate of drug-likeness (QED) is 0.610. The molecule has 9 nitrogen and oxygen atoms in total. The third kappa shape index (κ3) is 3.63. The fourth-order valence-electron chi connectivity index (χ4n) is 3.60. The van der Waals surface area contributed by atoms with Gasteiger partial charge in [0, 0.05) is 18.2 Å². The molecule has 3 heterocycles. The Hall–Kier alpha value is -3.14. The highest BCUT2D eigenvalue weighted by molar-refractivity contribution is 7.12. The van der Waals surface area contributed by atoms with Crippen molar-refractivity contribution in [1.29, 1.82) is 0 Å². The number of thiophene rings is 1. The standard InChI is InChI=1S/C19H21N5O4S/c1-27-13-7-8-14(16(11-13)28-2)15-5-3-9-22(15)17(25)12-23-19(26)24(21-20-23)18-6-4-10-29-18/h4,6-8,10-11,15H,3,5,9,12H2,1-2H3/t15-/m1/s1. The van der Waals surface area contributed by atoms with Crippen LogP contribution in [0.2, 0.25) is 0 Å². The third-order valence-corrected chi connectivity index (χ3v) is 5.86. The van der Waals surface area contributed by atoms with Gasteiger partial charge in [0.05, 0.1) is 20.3 Å². The fourth-order valence-corrected chi connectivity index (χ4v) is 4.27. The number of nitrogens with zero attached hydrogens (tertiary/aromatic N) is 5. The van der Waals surface area contributed by atoms with Crippen molar-refractivity contribution in [2.45, 2.75) is 25.4 Å². The molecule has 0 unspecified atom stereocenters. The molecule has 1 aliphatic rings. The van der Waals surface area contributed by atoms with E-state index in [0.717, 1.165) is 23.1 Å². The van der Waals surface area contributed by atoms with E-state index < -0.39 is 5.69 Å². The summed E-state index contributed by atoms with van der Waals surface area (Å²) < 4.78 is 13.1. The molecule has 1 aliphatic heterocycles. The number of hydrogen-bond donors (Lipinski definition) is 0. The Morgan fingerprint density at radius 2 is 2.10 bits per heavy atom. The summed E-state index contributed by atoms with van der Waals surface area (Å²) in [6, 6.07) is 9.08. The molecule has 1 fully saturated rings. The number of carbonyl (C=O) groups excluding carboxylic acids is 1. The van der Waals surface area contributed by atoms with Crippen molar-refractivity contribution >= 4 is 17.2 Å². The largest absolute Gasteiger partial charge is 0.497 e. The van der Waals surface area contributed by atoms with E-state index in [1.807, 2.05) is 29.6 Å². The van der Waals surface area contributed by atoms with Crippen LogP contribution in [-0.2, 0) is 11.3 Å². The van der Waals surface area contributed by atoms with Crippen LogP contribution in [-0.4, -0.2) is 51.4 Å². The summed E-state index contributed by atoms with van der Waals surface area (Å²) in [6.07, 6.45) is 1.70. The maximum Gasteiger partial charge on any atom is 0.369 e. The Labute approximate surface area is 171 Å². The lowest BCUT2D eigenvalue weighted by molar-refractivity contribution is -0.133. The molecule has 0 N–H and O–H groups in total. The summed E-state index contributed by atoms with van der Waals surface area (Å²) in [7, 11) is 3.20. The fraction of sp³-hybridized carbons (Fsp3) is 0.368. The number of rotatable bonds is 6. The van der Waals surface area contributed by atoms with E-state index >= 15 is 0 Å². The first-order valence-corrected chi connectivity index (χ1v) is 10.1. The zero-order valence-electron chi connectivity index (χ0n) is 16.1. The van der Waals surface area contributed by atoms with Crippen molar-refractivity contribution in [3.63, 3.8) is 0 Å². The van der Waals surface area contributed by atoms with Gasteiger partial charge in [-0.3, -0.25) is 4.79 Å². The second-order valence-electron chi connectivity index (χ2n) is 6.64. The van der Waals surface area contributed by atoms with Crippen LogP contribution >= 0.6 is 11.3 Å². The normalized spacial score (nSPS) is 16.2. The van der Waals surface area contributed by atoms with Crippen molar-refractivity contribution in [1.82, 2.24) is 24.7 Å². The Morgan fingerprint density at radius 3 is 2.83 bits per heavy atom. The van der Waals surface area contributed by atoms with Gasteiger partial charge < -0.3 is 14.4 Å². The summed E-state index contributed by atoms with van der Waals surface area (Å²) in [4.78, 5) is 27.3. The summed E-state index contributed by atoms with van der Waals surface area (Å²) in [6.45, 7) is 0.464. The van der Waals surface area contributed by atoms with Gasteiger partial charge >= 0.3 is 5.69 Å². The first-order chi connectivity index (χ1) is 14.1. The van der Waals surface area contributed by atoms with Crippen LogP contribution in [0.1, 0.15) is 24.4 Å². The minimum atomic E-state index is -0.432. The lowest BCUT2D eigenvalue weighted by atomic mass is 10.0. The molecule has 1 atom stereocenters. The van der Waals surface area contributed by atoms with Crippen LogP contribution in [0.15, 0.2) is 40.5 Å². The number of carbonyl (C=O) groups is 1. The second-order valence-corrected chi connectivity index (χ2v) is 7.56. The third-order valence-electron chi connectivity index (χ3n) is 5.01. The lowest BCUT2D eigenvalue weighted by Gasteiger charge is -2.26. The van der Waals surface area contributed by atoms with Crippen LogP contribution in [0, 0.1) is 0 Å². The van der Waals surface area contributed by atoms with Crippen LogP contribution < -0.4 is 15.2 Å². The van der Waals surface area contributed by atoms with Gasteiger partial charge in [-0.25, -0.2) is 4.79 Å². The first kappa shape index (κ1) is 19.2. The van der Waals surface area contributed by atoms with Gasteiger partial charge in [-0.1, -0.05) is 0 Å². The predicted molar refractivity (Wildman–Crippen MR) is 107 cm³/mol. The molecule has 1 saturated heterocycles. The van der Waals surface area contributed by atoms with Gasteiger partial charge in [0.25, 0.3) is 0 Å². The van der Waals surface area contributed by atoms with Crippen LogP contribution in [0.25, 0.3) is 5.00 Å². The number of hydrogen-bond acceptors (Lipinski definition) is 7. The molecule has 0 spiro atoms. The number of methoxy groups -OCH3 is 2. The number of amides is 1. The number of tetrazole rings is 1. The maximum atomic E-state index is 13.0. The molecule has 152 valence electrons. The molecule has 0 radical (unpaired) electrons. The molecule has 0 aliphatic carbocycles. The van der Waals surface area contributed by atoms with E-state index in [1.54, 1.807) is 25.2 Å². The van der Waals surface area contributed by atoms with Crippen LogP contribution in [0.5, 0.6) is 11.5 Å². The number of benzene rings is 1. The minimum absolute atomic E-state index is 0.119. The summed E-state index contributed by atoms with van der Waals surface area (Å²) >= 11 is 1.38. The van der Waals surface area contributed by atoms with Gasteiger partial charge in [0.15, 0.2) is 0 Å². The van der Waals surface area contributed by atoms with E-state index in [0.29, 0.717) is 23.0 Å². The van der Waals surface area contributed by atoms with Crippen LogP contribution in [0.3, 0.4) is 0 Å². The highest BCUT2D eigenvalue weighted by Crippen LogP contribution is 2.38. The molecule has 1 amide bonds. The zero-order chi connectivity index (χ0) is 20.4. The summed E-state index contributed by atoms with van der Waals surface area (Å²) in [5.74, 6) is 1.19. The van der Waals surface area contributed by atoms with Gasteiger partial charge in [-0.2, -0.15) is 9.36 Å². The average molecular weight is 415 g/mol. The Balaban J connectivity index is 1.56. The Kier molecular flexibility index (Phi) is 5.34. The minimum Gasteiger partial charge on any atom is -0.497 e. The predicted octanol–water partition coefficient (Wildman–Crippen LogP) is 1.87. The summed E-state index contributed by atoms with van der Waals surface area (Å²) in [5.41, 5.74) is 0.493. The molecule has 0 bridgehead atoms. The molecule has 3 aromatic rings. The van der Waals surface area contributed by atoms with Crippen molar-refractivity contribution in [3.05, 3.63) is 51.8 Å². The molecule has 0 saturated carbocycles. The molecular formula is C19H21N5O4S. The molecule has 4 rings (SSSR count). The SMILES string of the molecule is COc1ccc([C@H]2CCCN2C(=O)Cn2nnn(-c3cccs3)c2=O)c(OC)c1. The van der Waals surface area contributed by atoms with E-state index in [2.05, 4.69) is 10.4 Å². The molecule has 29 heavy (non-hydrogen) atoms. The van der Waals surface area contributed by atoms with Gasteiger partial charge in [0.1, 0.15) is 23.0 Å². The van der Waals surface area contributed by atoms with Gasteiger partial charge in [-0.15, -0.1) is 11.3 Å². The van der Waals surface area contributed by atoms with E-state index in [9.17, 15) is 9.59 Å². The average Bonchev–Trinajstić information content (AvgIpc) is 3.49. The number of aromatic nitrogens is 4. The Morgan fingerprint density at radius 1 is 1.24 bits per heavy atom. The first-order valence-electron chi connectivity index (χ1n) is 9.20. The van der Waals surface area contributed by atoms with Crippen molar-refractivity contribution in [3.8, 4) is 16.5 Å². The van der Waals surface area contributed by atoms with E-state index in [1.165, 1.54) is 16.0 Å². The van der Waals surface area contributed by atoms with Gasteiger partial charge in [0.2, 0.25) is 5.91 Å². The Bertz CT molecular complexity index is 1060. The number of likely N-dealkylation sites (tertiary alicyclic amines) is 1. The monoisotopic (exact) mass is 415 g/mol. The molecule has 2 aromatic heterocycles. The zero-order valence-corrected chi connectivity index (χ0v) is 17.0. The summed E-state index contributed by atoms with van der Waals surface area (Å²) in [5, 5.41) is 10.3. The van der Waals surface area contributed by atoms with Crippen molar-refractivity contribution < 1.29 is 14.3 Å². The molecule has 1 aromatic carbocycles. The van der Waals surface area contributed by atoms with E-state index in [-0.39, 0.29) is 18.5 Å². The van der Waals surface area contributed by atoms with Gasteiger partial charge in [-0.05, 0) is 52.9 Å². The topological polar surface area (TPSA) is 91.5 Å².